The molecule has 5 heteroatoms. The van der Waals surface area contributed by atoms with E-state index in [0.29, 0.717) is 6.54 Å². The Morgan fingerprint density at radius 2 is 1.68 bits per heavy atom. The number of anilines is 1. The highest BCUT2D eigenvalue weighted by Gasteiger charge is 2.17. The van der Waals surface area contributed by atoms with Gasteiger partial charge in [0, 0.05) is 31.4 Å². The van der Waals surface area contributed by atoms with Crippen molar-refractivity contribution in [2.75, 3.05) is 24.6 Å². The fourth-order valence-corrected chi connectivity index (χ4v) is 2.97. The zero-order valence-corrected chi connectivity index (χ0v) is 17.3. The van der Waals surface area contributed by atoms with Crippen molar-refractivity contribution in [2.45, 2.75) is 40.3 Å². The first-order valence-corrected chi connectivity index (χ1v) is 9.88. The number of rotatable bonds is 10. The second-order valence-corrected chi connectivity index (χ2v) is 6.87. The van der Waals surface area contributed by atoms with Crippen molar-refractivity contribution in [2.24, 2.45) is 5.16 Å². The summed E-state index contributed by atoms with van der Waals surface area (Å²) >= 11 is 0. The van der Waals surface area contributed by atoms with Crippen molar-refractivity contribution in [3.05, 3.63) is 65.7 Å². The Morgan fingerprint density at radius 1 is 1.04 bits per heavy atom. The van der Waals surface area contributed by atoms with Crippen molar-refractivity contribution in [3.8, 4) is 0 Å². The lowest BCUT2D eigenvalue weighted by atomic mass is 10.2. The molecule has 0 aromatic heterocycles. The third-order valence-electron chi connectivity index (χ3n) is 4.63. The molecule has 1 amide bonds. The topological polar surface area (TPSA) is 45.1 Å². The van der Waals surface area contributed by atoms with Crippen molar-refractivity contribution >= 4 is 17.8 Å². The van der Waals surface area contributed by atoms with Gasteiger partial charge in [-0.15, -0.1) is 0 Å². The molecular weight excluding hydrogens is 350 g/mol. The summed E-state index contributed by atoms with van der Waals surface area (Å²) < 4.78 is 0. The largest absolute Gasteiger partial charge is 0.386 e. The van der Waals surface area contributed by atoms with Gasteiger partial charge in [-0.05, 0) is 51.0 Å². The van der Waals surface area contributed by atoms with E-state index < -0.39 is 0 Å². The van der Waals surface area contributed by atoms with Gasteiger partial charge in [0.15, 0.2) is 6.61 Å². The summed E-state index contributed by atoms with van der Waals surface area (Å²) in [7, 11) is 0. The molecule has 0 aliphatic heterocycles. The van der Waals surface area contributed by atoms with E-state index in [4.69, 9.17) is 4.84 Å². The molecule has 0 radical (unpaired) electrons. The summed E-state index contributed by atoms with van der Waals surface area (Å²) in [5.74, 6) is -0.0760. The van der Waals surface area contributed by atoms with Gasteiger partial charge < -0.3 is 14.6 Å². The summed E-state index contributed by atoms with van der Waals surface area (Å²) in [5.41, 5.74) is 3.22. The molecule has 0 aliphatic carbocycles. The molecule has 0 bridgehead atoms. The van der Waals surface area contributed by atoms with Gasteiger partial charge in [-0.1, -0.05) is 47.6 Å². The molecule has 0 fully saturated rings. The van der Waals surface area contributed by atoms with E-state index in [1.807, 2.05) is 56.3 Å². The predicted molar refractivity (Wildman–Crippen MR) is 116 cm³/mol. The van der Waals surface area contributed by atoms with Crippen LogP contribution in [0.15, 0.2) is 59.8 Å². The Labute approximate surface area is 168 Å². The Morgan fingerprint density at radius 3 is 2.25 bits per heavy atom. The second-order valence-electron chi connectivity index (χ2n) is 6.87. The molecule has 0 heterocycles. The summed E-state index contributed by atoms with van der Waals surface area (Å²) in [6.07, 6.45) is 1.64. The van der Waals surface area contributed by atoms with E-state index >= 15 is 0 Å². The van der Waals surface area contributed by atoms with Crippen molar-refractivity contribution < 1.29 is 9.63 Å². The van der Waals surface area contributed by atoms with Crippen LogP contribution in [0.5, 0.6) is 0 Å². The maximum Gasteiger partial charge on any atom is 0.263 e. The second kappa shape index (κ2) is 11.1. The van der Waals surface area contributed by atoms with Crippen LogP contribution < -0.4 is 4.90 Å². The molecule has 0 unspecified atom stereocenters. The zero-order valence-electron chi connectivity index (χ0n) is 17.3. The number of hydrogen-bond acceptors (Lipinski definition) is 4. The highest BCUT2D eigenvalue weighted by molar-refractivity contribution is 5.80. The van der Waals surface area contributed by atoms with Gasteiger partial charge in [0.2, 0.25) is 0 Å². The fraction of sp³-hybridized carbons (Fsp3) is 0.391. The quantitative estimate of drug-likeness (QED) is 0.455. The highest BCUT2D eigenvalue weighted by Crippen LogP contribution is 2.14. The van der Waals surface area contributed by atoms with E-state index in [1.165, 1.54) is 5.69 Å². The zero-order chi connectivity index (χ0) is 20.4. The monoisotopic (exact) mass is 381 g/mol. The molecule has 0 spiro atoms. The number of amides is 1. The Kier molecular flexibility index (Phi) is 8.53. The van der Waals surface area contributed by atoms with Gasteiger partial charge in [-0.3, -0.25) is 4.79 Å². The third-order valence-corrected chi connectivity index (χ3v) is 4.63. The van der Waals surface area contributed by atoms with Gasteiger partial charge in [0.1, 0.15) is 0 Å². The summed E-state index contributed by atoms with van der Waals surface area (Å²) in [4.78, 5) is 21.8. The van der Waals surface area contributed by atoms with Crippen LogP contribution in [-0.4, -0.2) is 42.8 Å². The van der Waals surface area contributed by atoms with E-state index in [-0.39, 0.29) is 18.6 Å². The molecule has 5 nitrogen and oxygen atoms in total. The van der Waals surface area contributed by atoms with Crippen LogP contribution in [0.2, 0.25) is 0 Å². The van der Waals surface area contributed by atoms with Crippen LogP contribution in [0.3, 0.4) is 0 Å². The fourth-order valence-electron chi connectivity index (χ4n) is 2.97. The lowest BCUT2D eigenvalue weighted by molar-refractivity contribution is -0.138. The lowest BCUT2D eigenvalue weighted by Crippen LogP contribution is -2.38. The molecule has 0 atom stereocenters. The first-order valence-electron chi connectivity index (χ1n) is 9.88. The maximum atomic E-state index is 12.5. The van der Waals surface area contributed by atoms with Crippen LogP contribution in [0.25, 0.3) is 0 Å². The Hall–Kier alpha value is -2.82. The first kappa shape index (κ1) is 21.5. The van der Waals surface area contributed by atoms with Crippen molar-refractivity contribution in [1.29, 1.82) is 0 Å². The van der Waals surface area contributed by atoms with Gasteiger partial charge in [-0.25, -0.2) is 0 Å². The summed E-state index contributed by atoms with van der Waals surface area (Å²) in [6, 6.07) is 18.2. The van der Waals surface area contributed by atoms with E-state index in [0.717, 1.165) is 24.2 Å². The average molecular weight is 382 g/mol. The molecule has 0 saturated heterocycles. The van der Waals surface area contributed by atoms with E-state index in [9.17, 15) is 4.79 Å². The van der Waals surface area contributed by atoms with Gasteiger partial charge in [0.05, 0.1) is 6.21 Å². The predicted octanol–water partition coefficient (Wildman–Crippen LogP) is 4.32. The minimum absolute atomic E-state index is 0.0704. The van der Waals surface area contributed by atoms with Gasteiger partial charge in [0.25, 0.3) is 5.91 Å². The lowest BCUT2D eigenvalue weighted by Gasteiger charge is -2.26. The van der Waals surface area contributed by atoms with Crippen LogP contribution in [0.4, 0.5) is 5.69 Å². The summed E-state index contributed by atoms with van der Waals surface area (Å²) in [5, 5.41) is 3.96. The molecule has 28 heavy (non-hydrogen) atoms. The molecule has 2 aromatic carbocycles. The molecule has 0 N–H and O–H groups in total. The molecule has 2 aromatic rings. The number of nitrogens with zero attached hydrogens (tertiary/aromatic N) is 3. The van der Waals surface area contributed by atoms with E-state index in [2.05, 4.69) is 36.0 Å². The van der Waals surface area contributed by atoms with Gasteiger partial charge in [-0.2, -0.15) is 0 Å². The molecular formula is C23H31N3O2. The SMILES string of the molecule is CCN(CC)c1ccc(/C=N/OCC(=O)N(Cc2ccccc2)C(C)C)cc1. The minimum Gasteiger partial charge on any atom is -0.386 e. The Balaban J connectivity index is 1.87. The van der Waals surface area contributed by atoms with Crippen LogP contribution in [0.1, 0.15) is 38.8 Å². The summed E-state index contributed by atoms with van der Waals surface area (Å²) in [6.45, 7) is 10.7. The number of hydrogen-bond donors (Lipinski definition) is 0. The Bertz CT molecular complexity index is 738. The van der Waals surface area contributed by atoms with Crippen LogP contribution >= 0.6 is 0 Å². The average Bonchev–Trinajstić information content (AvgIpc) is 2.71. The van der Waals surface area contributed by atoms with E-state index in [1.54, 1.807) is 11.1 Å². The highest BCUT2D eigenvalue weighted by atomic mass is 16.6. The molecule has 150 valence electrons. The number of carbonyl (C=O) groups is 1. The van der Waals surface area contributed by atoms with Crippen molar-refractivity contribution in [1.82, 2.24) is 4.90 Å². The molecule has 0 aliphatic rings. The number of oxime groups is 1. The number of carbonyl (C=O) groups excluding carboxylic acids is 1. The smallest absolute Gasteiger partial charge is 0.263 e. The van der Waals surface area contributed by atoms with Crippen molar-refractivity contribution in [3.63, 3.8) is 0 Å². The van der Waals surface area contributed by atoms with Crippen LogP contribution in [-0.2, 0) is 16.2 Å². The molecule has 0 saturated carbocycles. The van der Waals surface area contributed by atoms with Gasteiger partial charge >= 0.3 is 0 Å². The standard InChI is InChI=1S/C23H31N3O2/c1-5-25(6-2)22-14-12-20(13-15-22)16-24-28-18-23(27)26(19(3)4)17-21-10-8-7-9-11-21/h7-16,19H,5-6,17-18H2,1-4H3/b24-16+. The van der Waals surface area contributed by atoms with Crippen LogP contribution in [0, 0.1) is 0 Å². The normalized spacial score (nSPS) is 11.0. The minimum atomic E-state index is -0.0760. The first-order chi connectivity index (χ1) is 13.5. The number of benzene rings is 2. The third kappa shape index (κ3) is 6.41. The maximum absolute atomic E-state index is 12.5. The molecule has 2 rings (SSSR count).